The molecule has 0 radical (unpaired) electrons. The van der Waals surface area contributed by atoms with Gasteiger partial charge in [-0.3, -0.25) is 4.90 Å². The van der Waals surface area contributed by atoms with Gasteiger partial charge in [0.1, 0.15) is 29.3 Å². The average Bonchev–Trinajstić information content (AvgIpc) is 2.94. The van der Waals surface area contributed by atoms with Crippen molar-refractivity contribution in [1.82, 2.24) is 14.9 Å². The van der Waals surface area contributed by atoms with Crippen molar-refractivity contribution in [3.05, 3.63) is 53.7 Å². The smallest absolute Gasteiger partial charge is 0.329 e. The van der Waals surface area contributed by atoms with E-state index in [2.05, 4.69) is 35.1 Å². The zero-order valence-corrected chi connectivity index (χ0v) is 23.8. The van der Waals surface area contributed by atoms with Gasteiger partial charge in [-0.2, -0.15) is 4.98 Å². The number of hydrogen-bond donors (Lipinski definition) is 4. The normalized spacial score (nSPS) is 14.4. The fraction of sp³-hybridized carbons (Fsp3) is 0.346. The Labute approximate surface area is 241 Å². The number of nitrogens with zero attached hydrogens (tertiary/aromatic N) is 4. The molecule has 40 heavy (non-hydrogen) atoms. The van der Waals surface area contributed by atoms with Crippen LogP contribution in [0, 0.1) is 0 Å². The average molecular weight is 590 g/mol. The van der Waals surface area contributed by atoms with Crippen LogP contribution in [0.3, 0.4) is 0 Å². The summed E-state index contributed by atoms with van der Waals surface area (Å²) in [4.78, 5) is 24.0. The summed E-state index contributed by atoms with van der Waals surface area (Å²) in [5.74, 6) is 0.384. The summed E-state index contributed by atoms with van der Waals surface area (Å²) < 4.78 is 25.4. The van der Waals surface area contributed by atoms with E-state index in [1.54, 1.807) is 19.4 Å². The van der Waals surface area contributed by atoms with Crippen molar-refractivity contribution in [2.45, 2.75) is 0 Å². The van der Waals surface area contributed by atoms with Gasteiger partial charge in [-0.05, 0) is 24.3 Å². The van der Waals surface area contributed by atoms with E-state index in [-0.39, 0.29) is 6.61 Å². The van der Waals surface area contributed by atoms with Crippen LogP contribution < -0.4 is 25.0 Å². The van der Waals surface area contributed by atoms with Crippen molar-refractivity contribution in [3.63, 3.8) is 0 Å². The Bertz CT molecular complexity index is 1290. The molecule has 2 heterocycles. The maximum atomic E-state index is 11.7. The lowest BCUT2D eigenvalue weighted by atomic mass is 10.2. The molecule has 214 valence electrons. The molecule has 0 spiro atoms. The molecule has 12 nitrogen and oxygen atoms in total. The van der Waals surface area contributed by atoms with Gasteiger partial charge < -0.3 is 34.7 Å². The molecular weight excluding hydrogens is 558 g/mol. The Balaban J connectivity index is 1.40. The first-order chi connectivity index (χ1) is 19.3. The second kappa shape index (κ2) is 14.2. The molecule has 14 heteroatoms. The molecule has 2 aromatic carbocycles. The summed E-state index contributed by atoms with van der Waals surface area (Å²) in [6.45, 7) is 4.17. The van der Waals surface area contributed by atoms with Crippen molar-refractivity contribution >= 4 is 63.4 Å². The van der Waals surface area contributed by atoms with E-state index in [1.807, 2.05) is 36.4 Å². The number of carboxylic acids is 1. The first-order valence-electron chi connectivity index (χ1n) is 12.5. The summed E-state index contributed by atoms with van der Waals surface area (Å²) in [5, 5.41) is 15.4. The molecule has 1 atom stereocenters. The molecular formula is C26H32ClN7O5S. The molecule has 0 aliphatic carbocycles. The lowest BCUT2D eigenvalue weighted by molar-refractivity contribution is -0.142. The van der Waals surface area contributed by atoms with Crippen LogP contribution in [0.25, 0.3) is 0 Å². The number of anilines is 6. The second-order valence-electron chi connectivity index (χ2n) is 8.90. The van der Waals surface area contributed by atoms with Gasteiger partial charge in [0.2, 0.25) is 5.95 Å². The van der Waals surface area contributed by atoms with Gasteiger partial charge >= 0.3 is 5.97 Å². The van der Waals surface area contributed by atoms with E-state index in [1.165, 1.54) is 6.20 Å². The summed E-state index contributed by atoms with van der Waals surface area (Å²) >= 11 is 5.13. The minimum Gasteiger partial charge on any atom is -0.593 e. The molecule has 1 fully saturated rings. The number of piperazine rings is 1. The highest BCUT2D eigenvalue weighted by atomic mass is 35.5. The van der Waals surface area contributed by atoms with Crippen molar-refractivity contribution in [2.24, 2.45) is 0 Å². The lowest BCUT2D eigenvalue weighted by Crippen LogP contribution is -2.47. The SMILES string of the molecule is COc1cc(N2CCN(CCOCC(=O)O)CC2)ccc1Nc1ncc(Cl)c(Nc2ccccc2N[S+](C)[O-])n1. The van der Waals surface area contributed by atoms with Gasteiger partial charge in [0, 0.05) is 44.5 Å². The minimum atomic E-state index is -1.24. The van der Waals surface area contributed by atoms with Gasteiger partial charge in [0.25, 0.3) is 0 Å². The predicted molar refractivity (Wildman–Crippen MR) is 158 cm³/mol. The number of methoxy groups -OCH3 is 1. The number of para-hydroxylation sites is 2. The number of nitrogens with one attached hydrogen (secondary N) is 3. The molecule has 1 aromatic heterocycles. The first kappa shape index (κ1) is 29.5. The number of rotatable bonds is 13. The number of carboxylic acid groups (broad SMARTS) is 1. The van der Waals surface area contributed by atoms with Crippen LogP contribution in [0.5, 0.6) is 5.75 Å². The third kappa shape index (κ3) is 8.26. The highest BCUT2D eigenvalue weighted by Crippen LogP contribution is 2.33. The monoisotopic (exact) mass is 589 g/mol. The molecule has 4 N–H and O–H groups in total. The van der Waals surface area contributed by atoms with Gasteiger partial charge in [-0.25, -0.2) is 14.5 Å². The van der Waals surface area contributed by atoms with Gasteiger partial charge in [0.05, 0.1) is 42.7 Å². The second-order valence-corrected chi connectivity index (χ2v) is 10.4. The van der Waals surface area contributed by atoms with Crippen LogP contribution >= 0.6 is 11.6 Å². The largest absolute Gasteiger partial charge is 0.593 e. The summed E-state index contributed by atoms with van der Waals surface area (Å²) in [6, 6.07) is 13.2. The van der Waals surface area contributed by atoms with E-state index in [0.717, 1.165) is 31.9 Å². The van der Waals surface area contributed by atoms with E-state index in [9.17, 15) is 9.35 Å². The molecule has 4 rings (SSSR count). The lowest BCUT2D eigenvalue weighted by Gasteiger charge is -2.36. The number of halogens is 1. The minimum absolute atomic E-state index is 0.271. The highest BCUT2D eigenvalue weighted by Gasteiger charge is 2.19. The van der Waals surface area contributed by atoms with Crippen molar-refractivity contribution in [3.8, 4) is 5.75 Å². The molecule has 1 aliphatic heterocycles. The molecule has 0 amide bonds. The summed E-state index contributed by atoms with van der Waals surface area (Å²) in [6.07, 6.45) is 3.05. The van der Waals surface area contributed by atoms with Crippen LogP contribution in [0.4, 0.5) is 34.5 Å². The van der Waals surface area contributed by atoms with Crippen LogP contribution in [-0.2, 0) is 20.9 Å². The number of aliphatic carboxylic acids is 1. The number of benzene rings is 2. The predicted octanol–water partition coefficient (Wildman–Crippen LogP) is 3.55. The Hall–Kier alpha value is -3.49. The third-order valence-corrected chi connectivity index (χ3v) is 6.91. The van der Waals surface area contributed by atoms with Crippen molar-refractivity contribution in [2.75, 3.05) is 79.6 Å². The van der Waals surface area contributed by atoms with Gasteiger partial charge in [-0.15, -0.1) is 0 Å². The zero-order chi connectivity index (χ0) is 28.5. The topological polar surface area (TPSA) is 147 Å². The quantitative estimate of drug-likeness (QED) is 0.171. The molecule has 1 saturated heterocycles. The van der Waals surface area contributed by atoms with Crippen LogP contribution in [-0.4, -0.2) is 89.8 Å². The van der Waals surface area contributed by atoms with Gasteiger partial charge in [0.15, 0.2) is 5.82 Å². The highest BCUT2D eigenvalue weighted by molar-refractivity contribution is 7.92. The van der Waals surface area contributed by atoms with E-state index in [0.29, 0.717) is 52.8 Å². The molecule has 1 unspecified atom stereocenters. The Morgan fingerprint density at radius 3 is 2.58 bits per heavy atom. The van der Waals surface area contributed by atoms with Crippen LogP contribution in [0.15, 0.2) is 48.7 Å². The number of hydrogen-bond acceptors (Lipinski definition) is 11. The number of ether oxygens (including phenoxy) is 2. The maximum Gasteiger partial charge on any atom is 0.329 e. The van der Waals surface area contributed by atoms with Crippen LogP contribution in [0.1, 0.15) is 0 Å². The van der Waals surface area contributed by atoms with E-state index in [4.69, 9.17) is 26.2 Å². The fourth-order valence-corrected chi connectivity index (χ4v) is 4.79. The molecule has 1 aliphatic rings. The van der Waals surface area contributed by atoms with Crippen molar-refractivity contribution in [1.29, 1.82) is 0 Å². The number of carbonyl (C=O) groups is 1. The summed E-state index contributed by atoms with van der Waals surface area (Å²) in [7, 11) is 1.61. The third-order valence-electron chi connectivity index (χ3n) is 6.12. The van der Waals surface area contributed by atoms with Crippen LogP contribution in [0.2, 0.25) is 5.02 Å². The first-order valence-corrected chi connectivity index (χ1v) is 14.5. The van der Waals surface area contributed by atoms with E-state index >= 15 is 0 Å². The maximum absolute atomic E-state index is 11.7. The standard InChI is InChI=1S/C26H32ClN7O5S/c1-38-23-15-18(34-11-9-33(10-12-34)13-14-39-17-24(35)36)7-8-22(23)30-26-28-16-19(27)25(31-26)29-20-5-3-4-6-21(20)32-40(2)37/h3-8,15-16,32H,9-14,17H2,1-2H3,(H,35,36)(H2,28,29,30,31). The Morgan fingerprint density at radius 1 is 1.12 bits per heavy atom. The summed E-state index contributed by atoms with van der Waals surface area (Å²) in [5.41, 5.74) is 3.04. The number of aromatic nitrogens is 2. The Kier molecular flexibility index (Phi) is 10.5. The van der Waals surface area contributed by atoms with E-state index < -0.39 is 17.3 Å². The fourth-order valence-electron chi connectivity index (χ4n) is 4.16. The Morgan fingerprint density at radius 2 is 1.88 bits per heavy atom. The molecule has 0 saturated carbocycles. The molecule has 3 aromatic rings. The van der Waals surface area contributed by atoms with Crippen molar-refractivity contribution < 1.29 is 23.9 Å². The van der Waals surface area contributed by atoms with Gasteiger partial charge in [-0.1, -0.05) is 23.7 Å². The zero-order valence-electron chi connectivity index (χ0n) is 22.2. The molecule has 0 bridgehead atoms.